The molecular formula is C110H67BN4. The molecule has 4 nitrogen and oxygen atoms in total. The van der Waals surface area contributed by atoms with Gasteiger partial charge in [-0.15, -0.1) is 0 Å². The molecule has 4 heterocycles. The summed E-state index contributed by atoms with van der Waals surface area (Å²) < 4.78 is 155. The highest BCUT2D eigenvalue weighted by molar-refractivity contribution is 7.00. The van der Waals surface area contributed by atoms with Crippen LogP contribution in [-0.2, 0) is 10.8 Å². The van der Waals surface area contributed by atoms with Gasteiger partial charge in [0.15, 0.2) is 0 Å². The first-order valence-electron chi connectivity index (χ1n) is 46.9. The van der Waals surface area contributed by atoms with Crippen LogP contribution < -0.4 is 26.6 Å². The molecule has 18 aromatic carbocycles. The Bertz CT molecular complexity index is 8220. The van der Waals surface area contributed by atoms with E-state index >= 15 is 0 Å². The fourth-order valence-electron chi connectivity index (χ4n) is 21.2. The molecule has 1 N–H and O–H groups in total. The number of nitrogens with one attached hydrogen (secondary N) is 1. The van der Waals surface area contributed by atoms with E-state index in [4.69, 9.17) is 5.48 Å². The molecule has 2 aromatic heterocycles. The van der Waals surface area contributed by atoms with Crippen LogP contribution in [0.5, 0.6) is 0 Å². The van der Waals surface area contributed by atoms with Gasteiger partial charge in [-0.2, -0.15) is 0 Å². The maximum atomic E-state index is 10.0. The summed E-state index contributed by atoms with van der Waals surface area (Å²) in [5.41, 5.74) is 29.6. The zero-order valence-electron chi connectivity index (χ0n) is 77.3. The summed E-state index contributed by atoms with van der Waals surface area (Å²) in [4.78, 5) is 2.36. The lowest BCUT2D eigenvalue weighted by molar-refractivity contribution is 0.794. The van der Waals surface area contributed by atoms with Crippen LogP contribution in [-0.4, -0.2) is 15.8 Å². The van der Waals surface area contributed by atoms with E-state index in [2.05, 4.69) is 259 Å². The fraction of sp³-hybridized carbons (Fsp3) is 0.0182. The third-order valence-corrected chi connectivity index (χ3v) is 25.6. The zero-order chi connectivity index (χ0) is 88.9. The number of para-hydroxylation sites is 5. The first-order valence-corrected chi connectivity index (χ1v) is 38.9. The van der Waals surface area contributed by atoms with Gasteiger partial charge in [-0.05, 0) is 218 Å². The van der Waals surface area contributed by atoms with E-state index in [0.29, 0.717) is 34.1 Å². The van der Waals surface area contributed by atoms with E-state index in [1.54, 1.807) is 4.57 Å². The fourth-order valence-corrected chi connectivity index (χ4v) is 21.2. The normalized spacial score (nSPS) is 15.9. The number of anilines is 5. The maximum Gasteiger partial charge on any atom is 0.252 e. The molecular weight excluding hydrogens is 1390 g/mol. The van der Waals surface area contributed by atoms with E-state index < -0.39 is 114 Å². The molecule has 0 atom stereocenters. The minimum Gasteiger partial charge on any atom is -0.356 e. The van der Waals surface area contributed by atoms with Crippen LogP contribution in [0.25, 0.3) is 144 Å². The first-order chi connectivity index (χ1) is 63.7. The average Bonchev–Trinajstić information content (AvgIpc) is 1.62. The van der Waals surface area contributed by atoms with Crippen molar-refractivity contribution in [2.75, 3.05) is 10.2 Å². The van der Waals surface area contributed by atoms with Crippen LogP contribution in [0.1, 0.15) is 66.4 Å². The van der Waals surface area contributed by atoms with Crippen molar-refractivity contribution in [1.29, 1.82) is 0 Å². The third kappa shape index (κ3) is 8.35. The molecule has 530 valence electrons. The van der Waals surface area contributed by atoms with Crippen molar-refractivity contribution in [3.05, 3.63) is 445 Å². The molecule has 2 aliphatic heterocycles. The predicted molar refractivity (Wildman–Crippen MR) is 479 cm³/mol. The van der Waals surface area contributed by atoms with Gasteiger partial charge in [0, 0.05) is 66.8 Å². The topological polar surface area (TPSA) is 25.1 Å². The Kier molecular flexibility index (Phi) is 10.1. The van der Waals surface area contributed by atoms with Crippen molar-refractivity contribution in [2.24, 2.45) is 0 Å². The highest BCUT2D eigenvalue weighted by Gasteiger charge is 2.54. The Hall–Kier alpha value is -14.8. The van der Waals surface area contributed by atoms with Gasteiger partial charge < -0.3 is 19.4 Å². The van der Waals surface area contributed by atoms with Gasteiger partial charge >= 0.3 is 0 Å². The molecule has 4 aliphatic carbocycles. The lowest BCUT2D eigenvalue weighted by atomic mass is 9.33. The zero-order valence-corrected chi connectivity index (χ0v) is 61.3. The number of fused-ring (bicyclic) bond motifs is 30. The van der Waals surface area contributed by atoms with E-state index in [0.717, 1.165) is 122 Å². The summed E-state index contributed by atoms with van der Waals surface area (Å²) >= 11 is 0. The minimum absolute atomic E-state index is 0.0423. The van der Waals surface area contributed by atoms with Crippen molar-refractivity contribution in [1.82, 2.24) is 9.13 Å². The van der Waals surface area contributed by atoms with Gasteiger partial charge in [0.25, 0.3) is 6.71 Å². The number of hydrogen-bond acceptors (Lipinski definition) is 2. The molecule has 0 radical (unpaired) electrons. The second kappa shape index (κ2) is 23.4. The summed E-state index contributed by atoms with van der Waals surface area (Å²) in [5.74, 6) is 0. The van der Waals surface area contributed by atoms with Crippen molar-refractivity contribution < 1.29 is 21.9 Å². The summed E-state index contributed by atoms with van der Waals surface area (Å²) in [6.07, 6.45) is 0. The monoisotopic (exact) mass is 1470 g/mol. The molecule has 6 aliphatic rings. The predicted octanol–water partition coefficient (Wildman–Crippen LogP) is 25.6. The standard InChI is InChI=1S/C110H67BN4/c1-2-26-67(27-3-1)68-28-24-29-69(60-68)72-63-100-107-106(64-72)115(105-66-74(114-103-50-22-12-38-87(103)88-39-13-23-51-104(88)114)55-59-98(105)111(107)97-58-54-73(65-99(97)112-100)113-101-48-20-10-36-85(101)86-37-11-21-49-102(86)113)108-75(70-52-56-83-81-34-8-18-46-93(81)109(95(83)61-70)89-42-14-4-30-77(89)78-31-5-15-43-90(78)109)40-25-41-76(108)71-53-57-84-82-35-9-19-47-94(82)110(96(84)62-71)91-44-16-6-32-79(91)80-33-7-17-45-92(80)110/h1-66,112H/i10D,11D,12D,13D,20D,21D,22D,23D,36D,37D,38D,39D,48D,49D,50D,51D. The molecule has 0 bridgehead atoms. The highest BCUT2D eigenvalue weighted by Crippen LogP contribution is 2.66. The summed E-state index contributed by atoms with van der Waals surface area (Å²) in [6.45, 7) is -0.742. The molecule has 0 unspecified atom stereocenters. The maximum absolute atomic E-state index is 10.0. The van der Waals surface area contributed by atoms with E-state index in [9.17, 15) is 16.4 Å². The average molecular weight is 1470 g/mol. The number of benzene rings is 18. The molecule has 0 amide bonds. The molecule has 2 spiro atoms. The largest absolute Gasteiger partial charge is 0.356 e. The van der Waals surface area contributed by atoms with E-state index in [1.165, 1.54) is 37.9 Å². The molecule has 115 heavy (non-hydrogen) atoms. The van der Waals surface area contributed by atoms with Crippen molar-refractivity contribution in [3.8, 4) is 100 Å². The molecule has 5 heteroatoms. The Morgan fingerprint density at radius 2 is 0.626 bits per heavy atom. The molecule has 20 aromatic rings. The van der Waals surface area contributed by atoms with Gasteiger partial charge in [0.1, 0.15) is 0 Å². The number of hydrogen-bond donors (Lipinski definition) is 1. The van der Waals surface area contributed by atoms with Crippen LogP contribution in [0.2, 0.25) is 0 Å². The second-order valence-corrected chi connectivity index (χ2v) is 30.9. The lowest BCUT2D eigenvalue weighted by Gasteiger charge is -2.42. The second-order valence-electron chi connectivity index (χ2n) is 30.9. The van der Waals surface area contributed by atoms with Gasteiger partial charge in [0.2, 0.25) is 0 Å². The van der Waals surface area contributed by atoms with E-state index in [-0.39, 0.29) is 43.6 Å². The van der Waals surface area contributed by atoms with Crippen LogP contribution in [0.15, 0.2) is 400 Å². The summed E-state index contributed by atoms with van der Waals surface area (Å²) in [5, 5.41) is 3.72. The quantitative estimate of drug-likeness (QED) is 0.161. The van der Waals surface area contributed by atoms with Crippen LogP contribution in [0.3, 0.4) is 0 Å². The summed E-state index contributed by atoms with van der Waals surface area (Å²) in [7, 11) is 0. The van der Waals surface area contributed by atoms with Gasteiger partial charge in [-0.25, -0.2) is 0 Å². The van der Waals surface area contributed by atoms with Crippen molar-refractivity contribution >= 4 is 95.1 Å². The van der Waals surface area contributed by atoms with Crippen LogP contribution >= 0.6 is 0 Å². The van der Waals surface area contributed by atoms with Gasteiger partial charge in [0.05, 0.1) is 60.5 Å². The number of rotatable bonds is 7. The molecule has 0 saturated heterocycles. The molecule has 26 rings (SSSR count). The number of aromatic nitrogens is 2. The molecule has 0 saturated carbocycles. The van der Waals surface area contributed by atoms with E-state index in [1.807, 2.05) is 54.6 Å². The Morgan fingerprint density at radius 3 is 1.09 bits per heavy atom. The Morgan fingerprint density at radius 1 is 0.252 bits per heavy atom. The lowest BCUT2D eigenvalue weighted by Crippen LogP contribution is -2.60. The van der Waals surface area contributed by atoms with Gasteiger partial charge in [-0.1, -0.05) is 321 Å². The minimum atomic E-state index is -0.785. The van der Waals surface area contributed by atoms with Crippen LogP contribution in [0, 0.1) is 0 Å². The van der Waals surface area contributed by atoms with Crippen molar-refractivity contribution in [3.63, 3.8) is 0 Å². The van der Waals surface area contributed by atoms with Crippen molar-refractivity contribution in [2.45, 2.75) is 10.8 Å². The van der Waals surface area contributed by atoms with Gasteiger partial charge in [-0.3, -0.25) is 0 Å². The highest BCUT2D eigenvalue weighted by atomic mass is 15.2. The first kappa shape index (κ1) is 49.5. The molecule has 0 fully saturated rings. The summed E-state index contributed by atoms with van der Waals surface area (Å²) in [6, 6.07) is 99.5. The van der Waals surface area contributed by atoms with Crippen LogP contribution in [0.4, 0.5) is 28.4 Å². The SMILES string of the molecule is [2H]c1c([2H])c([2H])c2c(c1[2H])c1c([2H])c([2H])c([2H])c([2H])c1n2-c1ccc2c(c1)Nc1cc(-c3cccc(-c4ccccc4)c3)cc3c1B2c1ccc(-n2c4c([2H])c([2H])c([2H])c([2H])c4c4c([2H])c([2H])c([2H])c([2H])c42)cc1N3c1c(-c2ccc3c(c2)C2(c4ccccc4-c4ccccc42)c2ccccc2-3)cccc1-c1ccc2c(c1)C1(c3ccccc3-c3ccccc31)c1ccccc1-2. The third-order valence-electron chi connectivity index (χ3n) is 25.6. The Balaban J connectivity index is 0.814. The number of nitrogens with zero attached hydrogens (tertiary/aromatic N) is 3. The smallest absolute Gasteiger partial charge is 0.252 e. The Labute approximate surface area is 688 Å².